The molecule has 2 N–H and O–H groups in total. The van der Waals surface area contributed by atoms with Crippen LogP contribution in [0.3, 0.4) is 0 Å². The number of benzene rings is 1. The number of hydrogen-bond donors (Lipinski definition) is 1. The summed E-state index contributed by atoms with van der Waals surface area (Å²) in [4.78, 5) is 39.5. The van der Waals surface area contributed by atoms with Crippen LogP contribution >= 0.6 is 34.8 Å². The van der Waals surface area contributed by atoms with Crippen LogP contribution in [-0.4, -0.2) is 51.0 Å². The number of fused-ring (bicyclic) bond motifs is 1. The Kier molecular flexibility index (Phi) is 9.01. The van der Waals surface area contributed by atoms with Gasteiger partial charge in [-0.25, -0.2) is 13.8 Å². The van der Waals surface area contributed by atoms with Crippen LogP contribution in [0.5, 0.6) is 0 Å². The molecule has 3 aromatic heterocycles. The fraction of sp³-hybridized carbons (Fsp3) is 0.281. The molecule has 0 bridgehead atoms. The van der Waals surface area contributed by atoms with Gasteiger partial charge in [-0.15, -0.1) is 0 Å². The van der Waals surface area contributed by atoms with E-state index in [0.717, 1.165) is 0 Å². The second-order valence-electron chi connectivity index (χ2n) is 11.3. The fourth-order valence-corrected chi connectivity index (χ4v) is 6.57. The predicted octanol–water partition coefficient (Wildman–Crippen LogP) is 6.79. The first-order valence-electron chi connectivity index (χ1n) is 14.2. The Labute approximate surface area is 278 Å². The third-order valence-electron chi connectivity index (χ3n) is 8.05. The lowest BCUT2D eigenvalue weighted by Crippen LogP contribution is -2.54. The first-order valence-corrected chi connectivity index (χ1v) is 15.3. The van der Waals surface area contributed by atoms with Crippen LogP contribution in [0.2, 0.25) is 15.1 Å². The van der Waals surface area contributed by atoms with Gasteiger partial charge in [-0.1, -0.05) is 55.2 Å². The molecule has 1 atom stereocenters. The monoisotopic (exact) mass is 685 g/mol. The summed E-state index contributed by atoms with van der Waals surface area (Å²) in [6.07, 6.45) is 2.84. The van der Waals surface area contributed by atoms with Crippen molar-refractivity contribution >= 4 is 63.1 Å². The van der Waals surface area contributed by atoms with E-state index >= 15 is 8.78 Å². The molecule has 46 heavy (non-hydrogen) atoms. The minimum absolute atomic E-state index is 0.0157. The number of aromatic nitrogens is 3. The normalized spacial score (nSPS) is 15.0. The molecule has 5 rings (SSSR count). The van der Waals surface area contributed by atoms with Gasteiger partial charge < -0.3 is 15.5 Å². The van der Waals surface area contributed by atoms with E-state index < -0.39 is 38.5 Å². The van der Waals surface area contributed by atoms with E-state index in [1.165, 1.54) is 16.7 Å². The highest BCUT2D eigenvalue weighted by Gasteiger charge is 2.33. The van der Waals surface area contributed by atoms with Crippen molar-refractivity contribution in [3.8, 4) is 23.0 Å². The number of nitrogens with zero attached hydrogens (tertiary/aromatic N) is 6. The number of halogens is 5. The molecule has 0 aliphatic carbocycles. The van der Waals surface area contributed by atoms with Gasteiger partial charge in [0.15, 0.2) is 11.6 Å². The Morgan fingerprint density at radius 3 is 2.50 bits per heavy atom. The highest BCUT2D eigenvalue weighted by atomic mass is 35.5. The number of aryl methyl sites for hydroxylation is 1. The molecule has 1 fully saturated rings. The molecule has 0 saturated carbocycles. The van der Waals surface area contributed by atoms with Crippen molar-refractivity contribution in [2.75, 3.05) is 30.3 Å². The van der Waals surface area contributed by atoms with E-state index in [2.05, 4.69) is 22.6 Å². The number of carbonyl (C=O) groups is 1. The number of hydrogen-bond acceptors (Lipinski definition) is 7. The number of rotatable bonds is 5. The fourth-order valence-electron chi connectivity index (χ4n) is 5.83. The van der Waals surface area contributed by atoms with Crippen molar-refractivity contribution in [1.82, 2.24) is 19.4 Å². The third-order valence-corrected chi connectivity index (χ3v) is 9.06. The highest BCUT2D eigenvalue weighted by Crippen LogP contribution is 2.44. The Balaban J connectivity index is 1.94. The van der Waals surface area contributed by atoms with Gasteiger partial charge in [-0.05, 0) is 43.5 Å². The van der Waals surface area contributed by atoms with Gasteiger partial charge in [0, 0.05) is 37.3 Å². The largest absolute Gasteiger partial charge is 0.395 e. The maximum Gasteiger partial charge on any atom is 0.276 e. The molecule has 1 saturated heterocycles. The predicted molar refractivity (Wildman–Crippen MR) is 177 cm³/mol. The number of anilines is 2. The lowest BCUT2D eigenvalue weighted by molar-refractivity contribution is -0.128. The van der Waals surface area contributed by atoms with Crippen LogP contribution in [0.25, 0.3) is 28.0 Å². The van der Waals surface area contributed by atoms with Crippen molar-refractivity contribution < 1.29 is 13.6 Å². The van der Waals surface area contributed by atoms with E-state index in [1.807, 2.05) is 25.7 Å². The van der Waals surface area contributed by atoms with Crippen LogP contribution in [0.4, 0.5) is 20.2 Å². The first kappa shape index (κ1) is 33.1. The smallest absolute Gasteiger partial charge is 0.276 e. The number of carbonyl (C=O) groups excluding carboxylic acids is 1. The third kappa shape index (κ3) is 5.24. The van der Waals surface area contributed by atoms with Crippen LogP contribution in [0, 0.1) is 29.9 Å². The molecule has 1 aliphatic heterocycles. The zero-order chi connectivity index (χ0) is 33.8. The summed E-state index contributed by atoms with van der Waals surface area (Å²) in [5, 5.41) is 9.16. The molecule has 238 valence electrons. The molecule has 14 heteroatoms. The lowest BCUT2D eigenvalue weighted by atomic mass is 10.0. The van der Waals surface area contributed by atoms with Gasteiger partial charge >= 0.3 is 0 Å². The van der Waals surface area contributed by atoms with E-state index in [9.17, 15) is 14.9 Å². The van der Waals surface area contributed by atoms with Crippen molar-refractivity contribution in [2.45, 2.75) is 39.7 Å². The van der Waals surface area contributed by atoms with Crippen molar-refractivity contribution in [1.29, 1.82) is 5.26 Å². The number of nitriles is 1. The van der Waals surface area contributed by atoms with Crippen LogP contribution in [0.1, 0.15) is 43.5 Å². The summed E-state index contributed by atoms with van der Waals surface area (Å²) < 4.78 is 31.9. The molecular formula is C32H28Cl3F2N7O2. The molecule has 4 heterocycles. The average molecular weight is 687 g/mol. The van der Waals surface area contributed by atoms with E-state index in [0.29, 0.717) is 16.9 Å². The lowest BCUT2D eigenvalue weighted by Gasteiger charge is -2.41. The Hall–Kier alpha value is -4.24. The molecule has 1 amide bonds. The minimum atomic E-state index is -1.17. The summed E-state index contributed by atoms with van der Waals surface area (Å²) in [7, 11) is 0. The van der Waals surface area contributed by atoms with Gasteiger partial charge in [-0.3, -0.25) is 19.1 Å². The average Bonchev–Trinajstić information content (AvgIpc) is 3.02. The quantitative estimate of drug-likeness (QED) is 0.106. The van der Waals surface area contributed by atoms with Crippen LogP contribution < -0.4 is 16.2 Å². The van der Waals surface area contributed by atoms with Gasteiger partial charge in [-0.2, -0.15) is 5.26 Å². The number of nitrogens with two attached hydrogens (primary N) is 1. The second kappa shape index (κ2) is 12.5. The molecule has 1 aliphatic rings. The summed E-state index contributed by atoms with van der Waals surface area (Å²) >= 11 is 18.9. The highest BCUT2D eigenvalue weighted by molar-refractivity contribution is 6.39. The van der Waals surface area contributed by atoms with Crippen molar-refractivity contribution in [2.24, 2.45) is 0 Å². The second-order valence-corrected chi connectivity index (χ2v) is 12.4. The van der Waals surface area contributed by atoms with Crippen molar-refractivity contribution in [3.05, 3.63) is 84.9 Å². The molecule has 9 nitrogen and oxygen atoms in total. The number of pyridine rings is 3. The van der Waals surface area contributed by atoms with Gasteiger partial charge in [0.05, 0.1) is 44.1 Å². The zero-order valence-electron chi connectivity index (χ0n) is 25.3. The summed E-state index contributed by atoms with van der Waals surface area (Å²) in [6, 6.07) is 4.89. The molecule has 0 spiro atoms. The number of piperazine rings is 1. The summed E-state index contributed by atoms with van der Waals surface area (Å²) in [5.41, 5.74) is 5.09. The molecule has 0 radical (unpaired) electrons. The Morgan fingerprint density at radius 2 is 1.89 bits per heavy atom. The molecular weight excluding hydrogens is 659 g/mol. The first-order chi connectivity index (χ1) is 21.7. The zero-order valence-corrected chi connectivity index (χ0v) is 27.5. The Bertz CT molecular complexity index is 2030. The van der Waals surface area contributed by atoms with E-state index in [-0.39, 0.29) is 70.5 Å². The van der Waals surface area contributed by atoms with Gasteiger partial charge in [0.2, 0.25) is 5.91 Å². The molecule has 0 unspecified atom stereocenters. The number of nitrogen functional groups attached to an aromatic ring is 1. The maximum absolute atomic E-state index is 15.6. The Morgan fingerprint density at radius 1 is 1.20 bits per heavy atom. The molecule has 4 aromatic rings. The maximum atomic E-state index is 15.6. The van der Waals surface area contributed by atoms with Crippen molar-refractivity contribution in [3.63, 3.8) is 0 Å². The standard InChI is InChI=1S/C32H28Cl3F2N7O2/c1-6-20(45)43-10-9-42(13-16(43)5)30-17-11-19(33)28(21-22(34)25(37)23(35)26(39)24(21)36)41-31(17)44(32(46)18(30)12-38)29-15(4)7-8-40-27(29)14(2)3/h6-8,11,14,16H,1,9-10,13,39H2,2-5H3/t16-/m1/s1. The van der Waals surface area contributed by atoms with Crippen LogP contribution in [-0.2, 0) is 4.79 Å². The summed E-state index contributed by atoms with van der Waals surface area (Å²) in [6.45, 7) is 11.8. The van der Waals surface area contributed by atoms with E-state index in [4.69, 9.17) is 40.5 Å². The topological polar surface area (TPSA) is 121 Å². The van der Waals surface area contributed by atoms with E-state index in [1.54, 1.807) is 24.1 Å². The summed E-state index contributed by atoms with van der Waals surface area (Å²) in [5.74, 6) is -2.73. The van der Waals surface area contributed by atoms with Crippen LogP contribution in [0.15, 0.2) is 35.8 Å². The molecule has 1 aromatic carbocycles. The number of amides is 1. The SMILES string of the molecule is C=CC(=O)N1CCN(c2c(C#N)c(=O)n(-c3c(C)ccnc3C(C)C)c3nc(-c4c(F)c(N)c(Cl)c(F)c4Cl)c(Cl)cc23)C[C@H]1C. The van der Waals surface area contributed by atoms with Gasteiger partial charge in [0.25, 0.3) is 5.56 Å². The van der Waals surface area contributed by atoms with Gasteiger partial charge in [0.1, 0.15) is 22.3 Å². The minimum Gasteiger partial charge on any atom is -0.395 e.